The highest BCUT2D eigenvalue weighted by Gasteiger charge is 2.12. The van der Waals surface area contributed by atoms with Crippen LogP contribution in [0, 0.1) is 0 Å². The van der Waals surface area contributed by atoms with Gasteiger partial charge in [0.1, 0.15) is 23.0 Å². The SMILES string of the molecule is COc1ccc(CC(=O)Oc2cccc(O)c2)c(OC)c1. The van der Waals surface area contributed by atoms with Gasteiger partial charge in [0, 0.05) is 17.7 Å². The average Bonchev–Trinajstić information content (AvgIpc) is 2.47. The minimum atomic E-state index is -0.441. The van der Waals surface area contributed by atoms with Gasteiger partial charge in [-0.3, -0.25) is 4.79 Å². The van der Waals surface area contributed by atoms with Crippen LogP contribution in [0.3, 0.4) is 0 Å². The van der Waals surface area contributed by atoms with Crippen LogP contribution in [-0.2, 0) is 11.2 Å². The number of esters is 1. The molecule has 0 aliphatic rings. The summed E-state index contributed by atoms with van der Waals surface area (Å²) in [5, 5.41) is 9.33. The average molecular weight is 288 g/mol. The Morgan fingerprint density at radius 1 is 1.05 bits per heavy atom. The lowest BCUT2D eigenvalue weighted by Gasteiger charge is -2.10. The highest BCUT2D eigenvalue weighted by molar-refractivity contribution is 5.76. The highest BCUT2D eigenvalue weighted by atomic mass is 16.5. The predicted octanol–water partition coefficient (Wildman–Crippen LogP) is 2.56. The van der Waals surface area contributed by atoms with Gasteiger partial charge in [-0.1, -0.05) is 12.1 Å². The first-order valence-corrected chi connectivity index (χ1v) is 6.33. The minimum absolute atomic E-state index is 0.0438. The molecule has 0 spiro atoms. The molecule has 1 N–H and O–H groups in total. The van der Waals surface area contributed by atoms with Crippen molar-refractivity contribution in [2.24, 2.45) is 0 Å². The van der Waals surface area contributed by atoms with Gasteiger partial charge in [-0.15, -0.1) is 0 Å². The predicted molar refractivity (Wildman–Crippen MR) is 77.0 cm³/mol. The number of hydrogen-bond acceptors (Lipinski definition) is 5. The van der Waals surface area contributed by atoms with Crippen molar-refractivity contribution in [2.45, 2.75) is 6.42 Å². The van der Waals surface area contributed by atoms with Crippen molar-refractivity contribution in [2.75, 3.05) is 14.2 Å². The Balaban J connectivity index is 2.09. The second-order valence-electron chi connectivity index (χ2n) is 4.33. The summed E-state index contributed by atoms with van der Waals surface area (Å²) in [6, 6.07) is 11.3. The maximum absolute atomic E-state index is 11.9. The van der Waals surface area contributed by atoms with Crippen molar-refractivity contribution in [3.63, 3.8) is 0 Å². The van der Waals surface area contributed by atoms with E-state index in [4.69, 9.17) is 14.2 Å². The maximum Gasteiger partial charge on any atom is 0.315 e. The van der Waals surface area contributed by atoms with E-state index in [1.165, 1.54) is 19.2 Å². The van der Waals surface area contributed by atoms with E-state index in [0.717, 1.165) is 0 Å². The number of rotatable bonds is 5. The molecule has 0 amide bonds. The van der Waals surface area contributed by atoms with Crippen molar-refractivity contribution >= 4 is 5.97 Å². The lowest BCUT2D eigenvalue weighted by atomic mass is 10.1. The van der Waals surface area contributed by atoms with Gasteiger partial charge in [0.05, 0.1) is 20.6 Å². The Kier molecular flexibility index (Phi) is 4.66. The molecule has 0 aliphatic carbocycles. The second-order valence-corrected chi connectivity index (χ2v) is 4.33. The molecule has 0 bridgehead atoms. The number of methoxy groups -OCH3 is 2. The van der Waals surface area contributed by atoms with E-state index in [-0.39, 0.29) is 12.2 Å². The summed E-state index contributed by atoms with van der Waals surface area (Å²) >= 11 is 0. The van der Waals surface area contributed by atoms with Crippen LogP contribution in [-0.4, -0.2) is 25.3 Å². The zero-order valence-electron chi connectivity index (χ0n) is 11.8. The van der Waals surface area contributed by atoms with Gasteiger partial charge in [0.2, 0.25) is 0 Å². The number of benzene rings is 2. The molecule has 0 unspecified atom stereocenters. The number of phenols is 1. The fourth-order valence-corrected chi connectivity index (χ4v) is 1.87. The number of ether oxygens (including phenoxy) is 3. The van der Waals surface area contributed by atoms with E-state index in [1.807, 2.05) is 0 Å². The molecular formula is C16H16O5. The largest absolute Gasteiger partial charge is 0.508 e. The van der Waals surface area contributed by atoms with E-state index in [1.54, 1.807) is 37.4 Å². The van der Waals surface area contributed by atoms with Crippen molar-refractivity contribution in [3.8, 4) is 23.0 Å². The first-order chi connectivity index (χ1) is 10.1. The summed E-state index contributed by atoms with van der Waals surface area (Å²) in [6.45, 7) is 0. The van der Waals surface area contributed by atoms with E-state index in [9.17, 15) is 9.90 Å². The number of carbonyl (C=O) groups excluding carboxylic acids is 1. The van der Waals surface area contributed by atoms with E-state index in [0.29, 0.717) is 22.8 Å². The Bertz CT molecular complexity index is 636. The van der Waals surface area contributed by atoms with Crippen LogP contribution in [0.25, 0.3) is 0 Å². The van der Waals surface area contributed by atoms with Crippen molar-refractivity contribution in [1.82, 2.24) is 0 Å². The van der Waals surface area contributed by atoms with Crippen LogP contribution in [0.15, 0.2) is 42.5 Å². The molecule has 2 rings (SSSR count). The summed E-state index contributed by atoms with van der Waals surface area (Å²) in [4.78, 5) is 11.9. The third-order valence-electron chi connectivity index (χ3n) is 2.88. The second kappa shape index (κ2) is 6.65. The third kappa shape index (κ3) is 3.89. The molecule has 0 radical (unpaired) electrons. The Morgan fingerprint density at radius 2 is 1.86 bits per heavy atom. The van der Waals surface area contributed by atoms with Gasteiger partial charge in [0.15, 0.2) is 0 Å². The summed E-state index contributed by atoms with van der Waals surface area (Å²) in [5.41, 5.74) is 0.698. The quantitative estimate of drug-likeness (QED) is 0.676. The molecule has 0 aliphatic heterocycles. The Morgan fingerprint density at radius 3 is 2.52 bits per heavy atom. The van der Waals surface area contributed by atoms with E-state index in [2.05, 4.69) is 0 Å². The maximum atomic E-state index is 11.9. The molecule has 0 heterocycles. The zero-order chi connectivity index (χ0) is 15.2. The molecule has 0 fully saturated rings. The van der Waals surface area contributed by atoms with Gasteiger partial charge in [-0.2, -0.15) is 0 Å². The molecule has 2 aromatic carbocycles. The molecule has 21 heavy (non-hydrogen) atoms. The van der Waals surface area contributed by atoms with Crippen LogP contribution in [0.5, 0.6) is 23.0 Å². The number of phenolic OH excluding ortho intramolecular Hbond substituents is 1. The number of aromatic hydroxyl groups is 1. The van der Waals surface area contributed by atoms with Gasteiger partial charge in [-0.25, -0.2) is 0 Å². The third-order valence-corrected chi connectivity index (χ3v) is 2.88. The van der Waals surface area contributed by atoms with Crippen molar-refractivity contribution in [1.29, 1.82) is 0 Å². The lowest BCUT2D eigenvalue weighted by molar-refractivity contribution is -0.133. The normalized spacial score (nSPS) is 10.0. The fraction of sp³-hybridized carbons (Fsp3) is 0.188. The zero-order valence-corrected chi connectivity index (χ0v) is 11.8. The van der Waals surface area contributed by atoms with Crippen molar-refractivity contribution in [3.05, 3.63) is 48.0 Å². The fourth-order valence-electron chi connectivity index (χ4n) is 1.87. The first-order valence-electron chi connectivity index (χ1n) is 6.33. The molecular weight excluding hydrogens is 272 g/mol. The van der Waals surface area contributed by atoms with Gasteiger partial charge in [-0.05, 0) is 18.2 Å². The van der Waals surface area contributed by atoms with Crippen molar-refractivity contribution < 1.29 is 24.1 Å². The van der Waals surface area contributed by atoms with Crippen LogP contribution < -0.4 is 14.2 Å². The summed E-state index contributed by atoms with van der Waals surface area (Å²) in [5.74, 6) is 1.11. The lowest BCUT2D eigenvalue weighted by Crippen LogP contribution is -2.12. The smallest absolute Gasteiger partial charge is 0.315 e. The number of carbonyl (C=O) groups is 1. The van der Waals surface area contributed by atoms with Crippen LogP contribution in [0.2, 0.25) is 0 Å². The monoisotopic (exact) mass is 288 g/mol. The van der Waals surface area contributed by atoms with Gasteiger partial charge < -0.3 is 19.3 Å². The van der Waals surface area contributed by atoms with Gasteiger partial charge in [0.25, 0.3) is 0 Å². The van der Waals surface area contributed by atoms with Crippen LogP contribution in [0.4, 0.5) is 0 Å². The topological polar surface area (TPSA) is 65.0 Å². The first kappa shape index (κ1) is 14.7. The summed E-state index contributed by atoms with van der Waals surface area (Å²) in [7, 11) is 3.09. The summed E-state index contributed by atoms with van der Waals surface area (Å²) < 4.78 is 15.5. The molecule has 0 atom stereocenters. The molecule has 0 aromatic heterocycles. The molecule has 0 saturated carbocycles. The Hall–Kier alpha value is -2.69. The summed E-state index contributed by atoms with van der Waals surface area (Å²) in [6.07, 6.45) is 0.0584. The molecule has 0 saturated heterocycles. The number of hydrogen-bond donors (Lipinski definition) is 1. The van der Waals surface area contributed by atoms with Gasteiger partial charge >= 0.3 is 5.97 Å². The molecule has 2 aromatic rings. The van der Waals surface area contributed by atoms with E-state index >= 15 is 0 Å². The standard InChI is InChI=1S/C16H16O5/c1-19-13-7-6-11(15(10-13)20-2)8-16(18)21-14-5-3-4-12(17)9-14/h3-7,9-10,17H,8H2,1-2H3. The Labute approximate surface area is 122 Å². The molecule has 5 nitrogen and oxygen atoms in total. The minimum Gasteiger partial charge on any atom is -0.508 e. The highest BCUT2D eigenvalue weighted by Crippen LogP contribution is 2.25. The van der Waals surface area contributed by atoms with E-state index < -0.39 is 5.97 Å². The molecule has 110 valence electrons. The van der Waals surface area contributed by atoms with Crippen LogP contribution >= 0.6 is 0 Å². The van der Waals surface area contributed by atoms with Crippen LogP contribution in [0.1, 0.15) is 5.56 Å². The molecule has 5 heteroatoms.